The predicted octanol–water partition coefficient (Wildman–Crippen LogP) is 2.02. The van der Waals surface area contributed by atoms with Crippen molar-refractivity contribution in [2.45, 2.75) is 38.3 Å². The summed E-state index contributed by atoms with van der Waals surface area (Å²) in [5, 5.41) is 10.8. The largest absolute Gasteiger partial charge is 0.550 e. The molecule has 1 aromatic carbocycles. The maximum Gasteiger partial charge on any atom is 0.0754 e. The van der Waals surface area contributed by atoms with Crippen LogP contribution in [0.3, 0.4) is 0 Å². The Morgan fingerprint density at radius 2 is 2.05 bits per heavy atom. The van der Waals surface area contributed by atoms with Gasteiger partial charge < -0.3 is 19.2 Å². The molecule has 0 radical (unpaired) electrons. The first-order valence-electron chi connectivity index (χ1n) is 7.79. The van der Waals surface area contributed by atoms with Crippen LogP contribution in [-0.2, 0) is 22.5 Å². The van der Waals surface area contributed by atoms with Crippen LogP contribution in [0.25, 0.3) is 11.3 Å². The zero-order valence-corrected chi connectivity index (χ0v) is 12.5. The predicted molar refractivity (Wildman–Crippen MR) is 82.2 cm³/mol. The molecule has 0 spiro atoms. The molecule has 1 saturated heterocycles. The normalized spacial score (nSPS) is 17.7. The van der Waals surface area contributed by atoms with E-state index in [4.69, 9.17) is 4.74 Å². The number of aryl methyl sites for hydroxylation is 1. The van der Waals surface area contributed by atoms with Crippen LogP contribution in [0.4, 0.5) is 0 Å². The molecule has 4 nitrogen and oxygen atoms in total. The molecule has 0 bridgehead atoms. The first-order chi connectivity index (χ1) is 10.7. The van der Waals surface area contributed by atoms with Gasteiger partial charge in [0, 0.05) is 30.5 Å². The molecule has 1 atom stereocenters. The number of hydrogen-bond acceptors (Lipinski definition) is 3. The average molecular weight is 298 g/mol. The van der Waals surface area contributed by atoms with Crippen LogP contribution in [0.1, 0.15) is 25.0 Å². The van der Waals surface area contributed by atoms with Crippen molar-refractivity contribution in [3.63, 3.8) is 0 Å². The van der Waals surface area contributed by atoms with Gasteiger partial charge in [0.2, 0.25) is 0 Å². The van der Waals surface area contributed by atoms with Crippen molar-refractivity contribution in [1.82, 2.24) is 4.57 Å². The topological polar surface area (TPSA) is 54.3 Å². The number of carboxylic acid groups (broad SMARTS) is 1. The van der Waals surface area contributed by atoms with Crippen LogP contribution in [-0.4, -0.2) is 23.2 Å². The summed E-state index contributed by atoms with van der Waals surface area (Å²) in [4.78, 5) is 10.8. The molecule has 116 valence electrons. The van der Waals surface area contributed by atoms with Gasteiger partial charge in [0.1, 0.15) is 0 Å². The van der Waals surface area contributed by atoms with E-state index in [2.05, 4.69) is 22.8 Å². The minimum atomic E-state index is -1.01. The molecule has 0 saturated carbocycles. The standard InChI is InChI=1S/C18H21NO3/c20-18(21)11-9-15-8-10-17(14-5-2-1-3-6-14)19(15)13-16-7-4-12-22-16/h1-3,5-6,8,10,16H,4,7,9,11-13H2,(H,20,21)/p-1/t16-/m0/s1. The molecule has 1 aromatic heterocycles. The van der Waals surface area contributed by atoms with Crippen LogP contribution in [0.15, 0.2) is 42.5 Å². The van der Waals surface area contributed by atoms with Crippen LogP contribution in [0, 0.1) is 0 Å². The Kier molecular flexibility index (Phi) is 4.59. The van der Waals surface area contributed by atoms with Crippen molar-refractivity contribution in [3.8, 4) is 11.3 Å². The molecule has 1 aliphatic rings. The number of nitrogens with zero attached hydrogens (tertiary/aromatic N) is 1. The summed E-state index contributed by atoms with van der Waals surface area (Å²) in [5.41, 5.74) is 3.28. The van der Waals surface area contributed by atoms with E-state index in [0.717, 1.165) is 42.9 Å². The molecule has 0 N–H and O–H groups in total. The van der Waals surface area contributed by atoms with Gasteiger partial charge in [0.05, 0.1) is 6.10 Å². The van der Waals surface area contributed by atoms with E-state index in [1.807, 2.05) is 24.3 Å². The van der Waals surface area contributed by atoms with Gasteiger partial charge in [-0.1, -0.05) is 30.3 Å². The quantitative estimate of drug-likeness (QED) is 0.820. The van der Waals surface area contributed by atoms with E-state index in [9.17, 15) is 9.90 Å². The summed E-state index contributed by atoms with van der Waals surface area (Å²) < 4.78 is 7.95. The van der Waals surface area contributed by atoms with Crippen molar-refractivity contribution in [2.75, 3.05) is 6.61 Å². The van der Waals surface area contributed by atoms with E-state index in [1.165, 1.54) is 0 Å². The van der Waals surface area contributed by atoms with Crippen LogP contribution < -0.4 is 5.11 Å². The van der Waals surface area contributed by atoms with E-state index in [0.29, 0.717) is 6.42 Å². The first-order valence-corrected chi connectivity index (χ1v) is 7.79. The molecule has 0 amide bonds. The van der Waals surface area contributed by atoms with Gasteiger partial charge >= 0.3 is 0 Å². The summed E-state index contributed by atoms with van der Waals surface area (Å²) in [6, 6.07) is 14.2. The number of aliphatic carboxylic acids is 1. The summed E-state index contributed by atoms with van der Waals surface area (Å²) in [6.07, 6.45) is 2.91. The Morgan fingerprint density at radius 1 is 1.23 bits per heavy atom. The van der Waals surface area contributed by atoms with E-state index in [1.54, 1.807) is 0 Å². The Bertz CT molecular complexity index is 627. The monoisotopic (exact) mass is 298 g/mol. The molecule has 0 unspecified atom stereocenters. The molecule has 22 heavy (non-hydrogen) atoms. The van der Waals surface area contributed by atoms with Gasteiger partial charge in [-0.15, -0.1) is 0 Å². The highest BCUT2D eigenvalue weighted by Gasteiger charge is 2.19. The van der Waals surface area contributed by atoms with E-state index in [-0.39, 0.29) is 12.5 Å². The Labute approximate surface area is 130 Å². The van der Waals surface area contributed by atoms with Crippen LogP contribution in [0.5, 0.6) is 0 Å². The van der Waals surface area contributed by atoms with Crippen LogP contribution in [0.2, 0.25) is 0 Å². The lowest BCUT2D eigenvalue weighted by Crippen LogP contribution is -2.23. The Hall–Kier alpha value is -2.07. The maximum absolute atomic E-state index is 10.8. The molecular weight excluding hydrogens is 278 g/mol. The van der Waals surface area contributed by atoms with Crippen molar-refractivity contribution in [1.29, 1.82) is 0 Å². The molecule has 2 aromatic rings. The highest BCUT2D eigenvalue weighted by molar-refractivity contribution is 5.65. The van der Waals surface area contributed by atoms with Crippen molar-refractivity contribution in [2.24, 2.45) is 0 Å². The van der Waals surface area contributed by atoms with Gasteiger partial charge in [-0.25, -0.2) is 0 Å². The van der Waals surface area contributed by atoms with Gasteiger partial charge in [0.15, 0.2) is 0 Å². The smallest absolute Gasteiger partial charge is 0.0754 e. The lowest BCUT2D eigenvalue weighted by molar-refractivity contribution is -0.305. The summed E-state index contributed by atoms with van der Waals surface area (Å²) in [5.74, 6) is -1.01. The number of ether oxygens (including phenoxy) is 1. The fourth-order valence-electron chi connectivity index (χ4n) is 3.03. The third kappa shape index (κ3) is 3.39. The number of rotatable bonds is 6. The van der Waals surface area contributed by atoms with Gasteiger partial charge in [-0.05, 0) is 43.4 Å². The maximum atomic E-state index is 10.8. The lowest BCUT2D eigenvalue weighted by atomic mass is 10.1. The number of hydrogen-bond donors (Lipinski definition) is 0. The minimum absolute atomic E-state index is 0.0454. The second kappa shape index (κ2) is 6.79. The fraction of sp³-hybridized carbons (Fsp3) is 0.389. The molecule has 1 aliphatic heterocycles. The average Bonchev–Trinajstić information content (AvgIpc) is 3.16. The lowest BCUT2D eigenvalue weighted by Gasteiger charge is -2.18. The third-order valence-corrected chi connectivity index (χ3v) is 4.14. The van der Waals surface area contributed by atoms with Gasteiger partial charge in [0.25, 0.3) is 0 Å². The summed E-state index contributed by atoms with van der Waals surface area (Å²) in [7, 11) is 0. The number of aromatic nitrogens is 1. The molecule has 0 aliphatic carbocycles. The molecule has 3 rings (SSSR count). The number of carbonyl (C=O) groups is 1. The number of carboxylic acids is 1. The molecule has 4 heteroatoms. The SMILES string of the molecule is O=C([O-])CCc1ccc(-c2ccccc2)n1C[C@@H]1CCCO1. The second-order valence-electron chi connectivity index (χ2n) is 5.69. The zero-order chi connectivity index (χ0) is 15.4. The summed E-state index contributed by atoms with van der Waals surface area (Å²) >= 11 is 0. The van der Waals surface area contributed by atoms with Crippen LogP contribution >= 0.6 is 0 Å². The number of carbonyl (C=O) groups excluding carboxylic acids is 1. The fourth-order valence-corrected chi connectivity index (χ4v) is 3.03. The Balaban J connectivity index is 1.89. The zero-order valence-electron chi connectivity index (χ0n) is 12.5. The van der Waals surface area contributed by atoms with E-state index >= 15 is 0 Å². The van der Waals surface area contributed by atoms with Gasteiger partial charge in [-0.3, -0.25) is 0 Å². The minimum Gasteiger partial charge on any atom is -0.550 e. The molecular formula is C18H20NO3-. The highest BCUT2D eigenvalue weighted by Crippen LogP contribution is 2.26. The first kappa shape index (κ1) is 14.9. The summed E-state index contributed by atoms with van der Waals surface area (Å²) in [6.45, 7) is 1.60. The Morgan fingerprint density at radius 3 is 2.73 bits per heavy atom. The van der Waals surface area contributed by atoms with Crippen molar-refractivity contribution >= 4 is 5.97 Å². The number of benzene rings is 1. The van der Waals surface area contributed by atoms with Gasteiger partial charge in [-0.2, -0.15) is 0 Å². The van der Waals surface area contributed by atoms with Crippen molar-refractivity contribution in [3.05, 3.63) is 48.2 Å². The third-order valence-electron chi connectivity index (χ3n) is 4.14. The highest BCUT2D eigenvalue weighted by atomic mass is 16.5. The van der Waals surface area contributed by atoms with E-state index < -0.39 is 5.97 Å². The second-order valence-corrected chi connectivity index (χ2v) is 5.69. The molecule has 1 fully saturated rings. The van der Waals surface area contributed by atoms with Crippen molar-refractivity contribution < 1.29 is 14.6 Å². The molecule has 2 heterocycles.